The number of anilines is 1. The minimum absolute atomic E-state index is 0.147. The van der Waals surface area contributed by atoms with Gasteiger partial charge in [0.2, 0.25) is 22.7 Å². The van der Waals surface area contributed by atoms with E-state index in [1.165, 1.54) is 13.1 Å². The highest BCUT2D eigenvalue weighted by Crippen LogP contribution is 2.32. The summed E-state index contributed by atoms with van der Waals surface area (Å²) < 4.78 is 36.9. The van der Waals surface area contributed by atoms with Gasteiger partial charge in [-0.2, -0.15) is 0 Å². The number of carbonyl (C=O) groups is 1. The largest absolute Gasteiger partial charge is 0.454 e. The van der Waals surface area contributed by atoms with Crippen LogP contribution >= 0.6 is 0 Å². The summed E-state index contributed by atoms with van der Waals surface area (Å²) in [6.45, 7) is 1.92. The Bertz CT molecular complexity index is 941. The second kappa shape index (κ2) is 7.35. The molecule has 0 bridgehead atoms. The number of hydrogen-bond donors (Lipinski definition) is 2. The number of fused-ring (bicyclic) bond motifs is 1. The van der Waals surface area contributed by atoms with Crippen LogP contribution in [0.25, 0.3) is 0 Å². The first-order chi connectivity index (χ1) is 12.4. The highest BCUT2D eigenvalue weighted by molar-refractivity contribution is 7.89. The van der Waals surface area contributed by atoms with Crippen molar-refractivity contribution in [3.05, 3.63) is 47.5 Å². The smallest absolute Gasteiger partial charge is 0.240 e. The van der Waals surface area contributed by atoms with Crippen LogP contribution in [0.1, 0.15) is 17.5 Å². The third-order valence-electron chi connectivity index (χ3n) is 4.11. The third kappa shape index (κ3) is 3.97. The molecule has 0 saturated carbocycles. The predicted molar refractivity (Wildman–Crippen MR) is 96.9 cm³/mol. The number of ether oxygens (including phenoxy) is 2. The van der Waals surface area contributed by atoms with Gasteiger partial charge >= 0.3 is 0 Å². The summed E-state index contributed by atoms with van der Waals surface area (Å²) in [5.74, 6) is 1.19. The Morgan fingerprint density at radius 1 is 1.12 bits per heavy atom. The highest BCUT2D eigenvalue weighted by Gasteiger charge is 2.16. The van der Waals surface area contributed by atoms with Gasteiger partial charge in [0.05, 0.1) is 4.90 Å². The molecule has 0 aromatic heterocycles. The van der Waals surface area contributed by atoms with E-state index in [1.807, 2.05) is 18.2 Å². The van der Waals surface area contributed by atoms with Gasteiger partial charge < -0.3 is 14.8 Å². The van der Waals surface area contributed by atoms with E-state index in [0.717, 1.165) is 5.56 Å². The summed E-state index contributed by atoms with van der Waals surface area (Å²) in [6.07, 6.45) is 0.803. The van der Waals surface area contributed by atoms with Gasteiger partial charge in [0.15, 0.2) is 11.5 Å². The normalized spacial score (nSPS) is 12.8. The number of nitrogens with one attached hydrogen (secondary N) is 2. The molecule has 0 fully saturated rings. The molecule has 8 heteroatoms. The molecule has 1 heterocycles. The molecule has 138 valence electrons. The van der Waals surface area contributed by atoms with Crippen molar-refractivity contribution < 1.29 is 22.7 Å². The van der Waals surface area contributed by atoms with Crippen molar-refractivity contribution in [3.8, 4) is 11.5 Å². The van der Waals surface area contributed by atoms with E-state index in [1.54, 1.807) is 19.1 Å². The molecule has 2 N–H and O–H groups in total. The first-order valence-corrected chi connectivity index (χ1v) is 9.60. The number of carbonyl (C=O) groups excluding carboxylic acids is 1. The molecule has 0 unspecified atom stereocenters. The van der Waals surface area contributed by atoms with Crippen LogP contribution in [0.15, 0.2) is 41.3 Å². The quantitative estimate of drug-likeness (QED) is 0.806. The Balaban J connectivity index is 1.64. The number of hydrogen-bond acceptors (Lipinski definition) is 5. The maximum Gasteiger partial charge on any atom is 0.240 e. The standard InChI is InChI=1S/C18H20N2O5S/c1-12-3-6-14(10-17(12)26(22,23)19-2)20-18(21)8-5-13-4-7-15-16(9-13)25-11-24-15/h3-4,6-7,9-10,19H,5,8,11H2,1-2H3,(H,20,21). The van der Waals surface area contributed by atoms with Crippen molar-refractivity contribution >= 4 is 21.6 Å². The Morgan fingerprint density at radius 3 is 2.65 bits per heavy atom. The van der Waals surface area contributed by atoms with Crippen molar-refractivity contribution in [2.45, 2.75) is 24.7 Å². The van der Waals surface area contributed by atoms with E-state index in [4.69, 9.17) is 9.47 Å². The lowest BCUT2D eigenvalue weighted by atomic mass is 10.1. The molecule has 2 aromatic carbocycles. The molecule has 0 radical (unpaired) electrons. The highest BCUT2D eigenvalue weighted by atomic mass is 32.2. The maximum absolute atomic E-state index is 12.2. The van der Waals surface area contributed by atoms with Gasteiger partial charge in [-0.3, -0.25) is 4.79 Å². The van der Waals surface area contributed by atoms with Gasteiger partial charge in [0.25, 0.3) is 0 Å². The summed E-state index contributed by atoms with van der Waals surface area (Å²) in [5.41, 5.74) is 2.02. The van der Waals surface area contributed by atoms with E-state index >= 15 is 0 Å². The fraction of sp³-hybridized carbons (Fsp3) is 0.278. The average Bonchev–Trinajstić information content (AvgIpc) is 3.09. The average molecular weight is 376 g/mol. The zero-order valence-electron chi connectivity index (χ0n) is 14.5. The second-order valence-corrected chi connectivity index (χ2v) is 7.78. The molecule has 1 amide bonds. The number of sulfonamides is 1. The molecule has 2 aromatic rings. The van der Waals surface area contributed by atoms with E-state index in [-0.39, 0.29) is 24.0 Å². The fourth-order valence-electron chi connectivity index (χ4n) is 2.66. The summed E-state index contributed by atoms with van der Waals surface area (Å²) in [6, 6.07) is 10.4. The Kier molecular flexibility index (Phi) is 5.15. The van der Waals surface area contributed by atoms with E-state index in [2.05, 4.69) is 10.0 Å². The monoisotopic (exact) mass is 376 g/mol. The van der Waals surface area contributed by atoms with E-state index in [9.17, 15) is 13.2 Å². The maximum atomic E-state index is 12.2. The van der Waals surface area contributed by atoms with Crippen LogP contribution in [-0.4, -0.2) is 28.2 Å². The van der Waals surface area contributed by atoms with E-state index < -0.39 is 10.0 Å². The number of amides is 1. The van der Waals surface area contributed by atoms with Gasteiger partial charge in [0, 0.05) is 12.1 Å². The second-order valence-electron chi connectivity index (χ2n) is 5.92. The van der Waals surface area contributed by atoms with Crippen LogP contribution in [0.3, 0.4) is 0 Å². The number of aryl methyl sites for hydroxylation is 2. The molecular formula is C18H20N2O5S. The van der Waals surface area contributed by atoms with Crippen LogP contribution < -0.4 is 19.5 Å². The summed E-state index contributed by atoms with van der Waals surface area (Å²) in [4.78, 5) is 12.3. The van der Waals surface area contributed by atoms with Crippen molar-refractivity contribution in [2.24, 2.45) is 0 Å². The molecule has 0 atom stereocenters. The van der Waals surface area contributed by atoms with Crippen molar-refractivity contribution in [1.29, 1.82) is 0 Å². The van der Waals surface area contributed by atoms with Gasteiger partial charge in [0.1, 0.15) is 0 Å². The summed E-state index contributed by atoms with van der Waals surface area (Å²) >= 11 is 0. The molecular weight excluding hydrogens is 356 g/mol. The molecule has 0 saturated heterocycles. The van der Waals surface area contributed by atoms with Crippen LogP contribution in [-0.2, 0) is 21.2 Å². The summed E-state index contributed by atoms with van der Waals surface area (Å²) in [5, 5.41) is 2.74. The third-order valence-corrected chi connectivity index (χ3v) is 5.66. The molecule has 1 aliphatic heterocycles. The molecule has 7 nitrogen and oxygen atoms in total. The van der Waals surface area contributed by atoms with E-state index in [0.29, 0.717) is 29.2 Å². The van der Waals surface area contributed by atoms with Crippen LogP contribution in [0.2, 0.25) is 0 Å². The first-order valence-electron chi connectivity index (χ1n) is 8.11. The van der Waals surface area contributed by atoms with Crippen molar-refractivity contribution in [2.75, 3.05) is 19.2 Å². The minimum atomic E-state index is -3.58. The lowest BCUT2D eigenvalue weighted by Gasteiger charge is -2.10. The topological polar surface area (TPSA) is 93.7 Å². The minimum Gasteiger partial charge on any atom is -0.454 e. The van der Waals surface area contributed by atoms with Crippen LogP contribution in [0.5, 0.6) is 11.5 Å². The van der Waals surface area contributed by atoms with Gasteiger partial charge in [-0.05, 0) is 55.8 Å². The van der Waals surface area contributed by atoms with Gasteiger partial charge in [-0.15, -0.1) is 0 Å². The van der Waals surface area contributed by atoms with Crippen LogP contribution in [0.4, 0.5) is 5.69 Å². The number of rotatable bonds is 6. The Morgan fingerprint density at radius 2 is 1.88 bits per heavy atom. The zero-order chi connectivity index (χ0) is 18.7. The van der Waals surface area contributed by atoms with Crippen molar-refractivity contribution in [1.82, 2.24) is 4.72 Å². The van der Waals surface area contributed by atoms with Gasteiger partial charge in [-0.25, -0.2) is 13.1 Å². The Labute approximate surface area is 152 Å². The lowest BCUT2D eigenvalue weighted by molar-refractivity contribution is -0.116. The Hall–Kier alpha value is -2.58. The number of benzene rings is 2. The van der Waals surface area contributed by atoms with Gasteiger partial charge in [-0.1, -0.05) is 12.1 Å². The zero-order valence-corrected chi connectivity index (χ0v) is 15.4. The van der Waals surface area contributed by atoms with Crippen LogP contribution in [0, 0.1) is 6.92 Å². The van der Waals surface area contributed by atoms with Crippen molar-refractivity contribution in [3.63, 3.8) is 0 Å². The molecule has 0 spiro atoms. The molecule has 3 rings (SSSR count). The summed E-state index contributed by atoms with van der Waals surface area (Å²) in [7, 11) is -2.22. The predicted octanol–water partition coefficient (Wildman–Crippen LogP) is 2.20. The first kappa shape index (κ1) is 18.2. The molecule has 0 aliphatic carbocycles. The molecule has 1 aliphatic rings. The lowest BCUT2D eigenvalue weighted by Crippen LogP contribution is -2.20. The SMILES string of the molecule is CNS(=O)(=O)c1cc(NC(=O)CCc2ccc3c(c2)OCO3)ccc1C. The fourth-order valence-corrected chi connectivity index (χ4v) is 3.65. The molecule has 26 heavy (non-hydrogen) atoms.